The molecular weight excluding hydrogens is 184 g/mol. The molecule has 3 unspecified atom stereocenters. The number of nitrogens with one attached hydrogen (secondary N) is 1. The minimum absolute atomic E-state index is 0.669. The maximum Gasteiger partial charge on any atom is 0.0218 e. The molecule has 0 aromatic rings. The van der Waals surface area contributed by atoms with Gasteiger partial charge in [-0.1, -0.05) is 27.7 Å². The van der Waals surface area contributed by atoms with E-state index in [-0.39, 0.29) is 0 Å². The lowest BCUT2D eigenvalue weighted by molar-refractivity contribution is 0.0651. The van der Waals surface area contributed by atoms with Gasteiger partial charge in [-0.25, -0.2) is 0 Å². The molecule has 0 saturated carbocycles. The Morgan fingerprint density at radius 2 is 1.73 bits per heavy atom. The smallest absolute Gasteiger partial charge is 0.0218 e. The van der Waals surface area contributed by atoms with Crippen LogP contribution in [-0.2, 0) is 0 Å². The van der Waals surface area contributed by atoms with E-state index in [1.54, 1.807) is 0 Å². The van der Waals surface area contributed by atoms with E-state index in [4.69, 9.17) is 0 Å². The Morgan fingerprint density at radius 1 is 1.13 bits per heavy atom. The van der Waals surface area contributed by atoms with Crippen LogP contribution in [0.15, 0.2) is 0 Å². The molecular formula is C13H28N2. The molecule has 1 N–H and O–H groups in total. The lowest BCUT2D eigenvalue weighted by Gasteiger charge is -2.44. The zero-order valence-electron chi connectivity index (χ0n) is 11.2. The lowest BCUT2D eigenvalue weighted by atomic mass is 9.95. The molecule has 1 aliphatic heterocycles. The van der Waals surface area contributed by atoms with Crippen LogP contribution in [0, 0.1) is 11.8 Å². The van der Waals surface area contributed by atoms with Crippen molar-refractivity contribution >= 4 is 0 Å². The summed E-state index contributed by atoms with van der Waals surface area (Å²) in [5, 5.41) is 3.65. The molecule has 2 heteroatoms. The van der Waals surface area contributed by atoms with Crippen molar-refractivity contribution in [1.29, 1.82) is 0 Å². The van der Waals surface area contributed by atoms with Crippen LogP contribution in [-0.4, -0.2) is 36.1 Å². The lowest BCUT2D eigenvalue weighted by Crippen LogP contribution is -2.60. The molecule has 1 aliphatic rings. The van der Waals surface area contributed by atoms with Crippen LogP contribution in [0.5, 0.6) is 0 Å². The quantitative estimate of drug-likeness (QED) is 0.772. The fourth-order valence-electron chi connectivity index (χ4n) is 2.31. The SMILES string of the molecule is CC(C)C1CN(C(C)C(C)C)C(C)CN1. The van der Waals surface area contributed by atoms with Gasteiger partial charge in [-0.15, -0.1) is 0 Å². The van der Waals surface area contributed by atoms with E-state index < -0.39 is 0 Å². The molecule has 0 radical (unpaired) electrons. The van der Waals surface area contributed by atoms with Gasteiger partial charge in [-0.3, -0.25) is 4.90 Å². The predicted octanol–water partition coefficient (Wildman–Crippen LogP) is 2.35. The summed E-state index contributed by atoms with van der Waals surface area (Å²) in [6, 6.07) is 2.04. The van der Waals surface area contributed by atoms with Gasteiger partial charge in [0.25, 0.3) is 0 Å². The summed E-state index contributed by atoms with van der Waals surface area (Å²) < 4.78 is 0. The molecule has 1 rings (SSSR count). The maximum absolute atomic E-state index is 3.65. The molecule has 0 amide bonds. The van der Waals surface area contributed by atoms with E-state index in [1.807, 2.05) is 0 Å². The number of nitrogens with zero attached hydrogens (tertiary/aromatic N) is 1. The molecule has 0 aromatic heterocycles. The van der Waals surface area contributed by atoms with Crippen LogP contribution in [0.3, 0.4) is 0 Å². The van der Waals surface area contributed by atoms with E-state index >= 15 is 0 Å². The molecule has 0 bridgehead atoms. The Balaban J connectivity index is 2.61. The van der Waals surface area contributed by atoms with Gasteiger partial charge in [-0.05, 0) is 25.7 Å². The van der Waals surface area contributed by atoms with Crippen LogP contribution in [0.4, 0.5) is 0 Å². The average Bonchev–Trinajstić information content (AvgIpc) is 2.16. The van der Waals surface area contributed by atoms with E-state index in [9.17, 15) is 0 Å². The third kappa shape index (κ3) is 3.18. The van der Waals surface area contributed by atoms with Gasteiger partial charge >= 0.3 is 0 Å². The first kappa shape index (κ1) is 13.0. The molecule has 1 fully saturated rings. The largest absolute Gasteiger partial charge is 0.311 e. The highest BCUT2D eigenvalue weighted by Gasteiger charge is 2.30. The minimum atomic E-state index is 0.669. The summed E-state index contributed by atoms with van der Waals surface area (Å²) in [5.41, 5.74) is 0. The molecule has 2 nitrogen and oxygen atoms in total. The molecule has 0 aliphatic carbocycles. The summed E-state index contributed by atoms with van der Waals surface area (Å²) in [5.74, 6) is 1.48. The molecule has 15 heavy (non-hydrogen) atoms. The van der Waals surface area contributed by atoms with Gasteiger partial charge in [0.1, 0.15) is 0 Å². The second-order valence-corrected chi connectivity index (χ2v) is 5.79. The van der Waals surface area contributed by atoms with Crippen LogP contribution in [0.1, 0.15) is 41.5 Å². The predicted molar refractivity (Wildman–Crippen MR) is 67.1 cm³/mol. The Labute approximate surface area is 95.4 Å². The Morgan fingerprint density at radius 3 is 2.20 bits per heavy atom. The Bertz CT molecular complexity index is 189. The maximum atomic E-state index is 3.65. The van der Waals surface area contributed by atoms with E-state index in [0.717, 1.165) is 18.4 Å². The van der Waals surface area contributed by atoms with E-state index in [0.29, 0.717) is 18.1 Å². The van der Waals surface area contributed by atoms with Crippen LogP contribution < -0.4 is 5.32 Å². The summed E-state index contributed by atoms with van der Waals surface area (Å²) in [6.45, 7) is 16.3. The van der Waals surface area contributed by atoms with Crippen molar-refractivity contribution in [3.63, 3.8) is 0 Å². The number of hydrogen-bond donors (Lipinski definition) is 1. The number of piperazine rings is 1. The second kappa shape index (κ2) is 5.31. The van der Waals surface area contributed by atoms with Crippen LogP contribution in [0.25, 0.3) is 0 Å². The molecule has 1 heterocycles. The first-order valence-electron chi connectivity index (χ1n) is 6.42. The van der Waals surface area contributed by atoms with Crippen LogP contribution in [0.2, 0.25) is 0 Å². The van der Waals surface area contributed by atoms with Crippen molar-refractivity contribution in [2.45, 2.75) is 59.7 Å². The topological polar surface area (TPSA) is 15.3 Å². The van der Waals surface area contributed by atoms with E-state index in [2.05, 4.69) is 51.8 Å². The van der Waals surface area contributed by atoms with Gasteiger partial charge in [0.05, 0.1) is 0 Å². The summed E-state index contributed by atoms with van der Waals surface area (Å²) in [6.07, 6.45) is 0. The zero-order chi connectivity index (χ0) is 11.6. The van der Waals surface area contributed by atoms with Crippen molar-refractivity contribution < 1.29 is 0 Å². The average molecular weight is 212 g/mol. The highest BCUT2D eigenvalue weighted by Crippen LogP contribution is 2.19. The number of rotatable bonds is 3. The normalized spacial score (nSPS) is 31.2. The Hall–Kier alpha value is -0.0800. The van der Waals surface area contributed by atoms with E-state index in [1.165, 1.54) is 6.54 Å². The first-order valence-corrected chi connectivity index (χ1v) is 6.42. The minimum Gasteiger partial charge on any atom is -0.311 e. The van der Waals surface area contributed by atoms with Gasteiger partial charge in [0.2, 0.25) is 0 Å². The summed E-state index contributed by atoms with van der Waals surface area (Å²) >= 11 is 0. The standard InChI is InChI=1S/C13H28N2/c1-9(2)12(6)15-8-13(10(3)4)14-7-11(15)5/h9-14H,7-8H2,1-6H3. The van der Waals surface area contributed by atoms with Crippen molar-refractivity contribution in [3.05, 3.63) is 0 Å². The van der Waals surface area contributed by atoms with Gasteiger partial charge < -0.3 is 5.32 Å². The fourth-order valence-corrected chi connectivity index (χ4v) is 2.31. The van der Waals surface area contributed by atoms with Crippen molar-refractivity contribution in [2.75, 3.05) is 13.1 Å². The summed E-state index contributed by atoms with van der Waals surface area (Å²) in [7, 11) is 0. The van der Waals surface area contributed by atoms with Gasteiger partial charge in [-0.2, -0.15) is 0 Å². The second-order valence-electron chi connectivity index (χ2n) is 5.79. The zero-order valence-corrected chi connectivity index (χ0v) is 11.2. The number of hydrogen-bond acceptors (Lipinski definition) is 2. The van der Waals surface area contributed by atoms with Crippen molar-refractivity contribution in [1.82, 2.24) is 10.2 Å². The monoisotopic (exact) mass is 212 g/mol. The fraction of sp³-hybridized carbons (Fsp3) is 1.00. The first-order chi connectivity index (χ1) is 6.93. The highest BCUT2D eigenvalue weighted by molar-refractivity contribution is 4.88. The van der Waals surface area contributed by atoms with Gasteiger partial charge in [0, 0.05) is 31.2 Å². The Kier molecular flexibility index (Phi) is 4.60. The third-order valence-corrected chi connectivity index (χ3v) is 3.94. The summed E-state index contributed by atoms with van der Waals surface area (Å²) in [4.78, 5) is 2.67. The molecule has 0 aromatic carbocycles. The molecule has 1 saturated heterocycles. The van der Waals surface area contributed by atoms with Crippen molar-refractivity contribution in [2.24, 2.45) is 11.8 Å². The third-order valence-electron chi connectivity index (χ3n) is 3.94. The molecule has 0 spiro atoms. The molecule has 90 valence electrons. The highest BCUT2D eigenvalue weighted by atomic mass is 15.2. The van der Waals surface area contributed by atoms with Crippen molar-refractivity contribution in [3.8, 4) is 0 Å². The van der Waals surface area contributed by atoms with Crippen LogP contribution >= 0.6 is 0 Å². The van der Waals surface area contributed by atoms with Gasteiger partial charge in [0.15, 0.2) is 0 Å². The molecule has 3 atom stereocenters.